The molecule has 0 heterocycles. The van der Waals surface area contributed by atoms with E-state index in [-0.39, 0.29) is 0 Å². The van der Waals surface area contributed by atoms with E-state index < -0.39 is 0 Å². The molecule has 0 aromatic heterocycles. The minimum absolute atomic E-state index is 0.598. The second-order valence-corrected chi connectivity index (χ2v) is 5.97. The Hall–Kier alpha value is -0.820. The van der Waals surface area contributed by atoms with Gasteiger partial charge in [0.15, 0.2) is 0 Å². The summed E-state index contributed by atoms with van der Waals surface area (Å²) in [6.07, 6.45) is 6.67. The number of hydrogen-bond acceptors (Lipinski definition) is 1. The van der Waals surface area contributed by atoms with Gasteiger partial charge in [0.1, 0.15) is 0 Å². The fraction of sp³-hybridized carbons (Fsp3) is 0.625. The standard InChI is InChI=1S/C16H25N/c1-14(17-13-16(2)11-6-12-16)9-10-15-7-4-3-5-8-15/h3-5,7-8,14,17H,6,9-13H2,1-2H3. The summed E-state index contributed by atoms with van der Waals surface area (Å²) in [6, 6.07) is 11.4. The molecule has 0 saturated heterocycles. The summed E-state index contributed by atoms with van der Waals surface area (Å²) in [5.41, 5.74) is 2.05. The highest BCUT2D eigenvalue weighted by molar-refractivity contribution is 5.14. The zero-order valence-corrected chi connectivity index (χ0v) is 11.2. The topological polar surface area (TPSA) is 12.0 Å². The van der Waals surface area contributed by atoms with Crippen LogP contribution in [0.5, 0.6) is 0 Å². The quantitative estimate of drug-likeness (QED) is 0.785. The highest BCUT2D eigenvalue weighted by atomic mass is 14.9. The lowest BCUT2D eigenvalue weighted by Crippen LogP contribution is -2.41. The van der Waals surface area contributed by atoms with Crippen molar-refractivity contribution in [2.75, 3.05) is 6.54 Å². The largest absolute Gasteiger partial charge is 0.314 e. The van der Waals surface area contributed by atoms with E-state index in [1.54, 1.807) is 0 Å². The first-order valence-electron chi connectivity index (χ1n) is 6.95. The Kier molecular flexibility index (Phi) is 4.22. The summed E-state index contributed by atoms with van der Waals surface area (Å²) < 4.78 is 0. The molecule has 1 aromatic carbocycles. The number of aryl methyl sites for hydroxylation is 1. The van der Waals surface area contributed by atoms with E-state index in [4.69, 9.17) is 0 Å². The lowest BCUT2D eigenvalue weighted by Gasteiger charge is -2.39. The molecule has 1 unspecified atom stereocenters. The Morgan fingerprint density at radius 3 is 2.53 bits per heavy atom. The smallest absolute Gasteiger partial charge is 0.00421 e. The number of rotatable bonds is 6. The maximum Gasteiger partial charge on any atom is 0.00421 e. The Bertz CT molecular complexity index is 327. The summed E-state index contributed by atoms with van der Waals surface area (Å²) >= 11 is 0. The molecule has 0 spiro atoms. The molecule has 0 aliphatic heterocycles. The van der Waals surface area contributed by atoms with Crippen molar-refractivity contribution in [1.82, 2.24) is 5.32 Å². The summed E-state index contributed by atoms with van der Waals surface area (Å²) in [6.45, 7) is 5.92. The fourth-order valence-electron chi connectivity index (χ4n) is 2.51. The van der Waals surface area contributed by atoms with E-state index in [1.807, 2.05) is 0 Å². The summed E-state index contributed by atoms with van der Waals surface area (Å²) in [4.78, 5) is 0. The highest BCUT2D eigenvalue weighted by Crippen LogP contribution is 2.39. The fourth-order valence-corrected chi connectivity index (χ4v) is 2.51. The zero-order chi connectivity index (χ0) is 12.1. The summed E-state index contributed by atoms with van der Waals surface area (Å²) in [7, 11) is 0. The Labute approximate surface area is 106 Å². The van der Waals surface area contributed by atoms with E-state index in [0.29, 0.717) is 11.5 Å². The molecule has 1 aliphatic carbocycles. The predicted octanol–water partition coefficient (Wildman–Crippen LogP) is 3.79. The minimum atomic E-state index is 0.598. The van der Waals surface area contributed by atoms with Crippen molar-refractivity contribution in [3.05, 3.63) is 35.9 Å². The molecule has 17 heavy (non-hydrogen) atoms. The van der Waals surface area contributed by atoms with E-state index in [0.717, 1.165) is 0 Å². The van der Waals surface area contributed by atoms with Crippen molar-refractivity contribution in [3.8, 4) is 0 Å². The van der Waals surface area contributed by atoms with Crippen LogP contribution in [0.1, 0.15) is 45.1 Å². The second kappa shape index (κ2) is 5.68. The zero-order valence-electron chi connectivity index (χ0n) is 11.2. The molecule has 0 bridgehead atoms. The molecular weight excluding hydrogens is 206 g/mol. The van der Waals surface area contributed by atoms with Crippen LogP contribution in [0, 0.1) is 5.41 Å². The average Bonchev–Trinajstić information content (AvgIpc) is 2.33. The molecule has 2 rings (SSSR count). The van der Waals surface area contributed by atoms with E-state index >= 15 is 0 Å². The van der Waals surface area contributed by atoms with Gasteiger partial charge in [-0.1, -0.05) is 43.7 Å². The first-order chi connectivity index (χ1) is 8.18. The van der Waals surface area contributed by atoms with Gasteiger partial charge in [-0.15, -0.1) is 0 Å². The van der Waals surface area contributed by atoms with Gasteiger partial charge in [-0.25, -0.2) is 0 Å². The first-order valence-corrected chi connectivity index (χ1v) is 6.95. The van der Waals surface area contributed by atoms with Crippen LogP contribution >= 0.6 is 0 Å². The van der Waals surface area contributed by atoms with Gasteiger partial charge in [0.05, 0.1) is 0 Å². The van der Waals surface area contributed by atoms with Crippen molar-refractivity contribution in [2.45, 2.75) is 52.0 Å². The number of nitrogens with one attached hydrogen (secondary N) is 1. The predicted molar refractivity (Wildman–Crippen MR) is 74.2 cm³/mol. The number of hydrogen-bond donors (Lipinski definition) is 1. The molecule has 1 atom stereocenters. The third kappa shape index (κ3) is 3.85. The van der Waals surface area contributed by atoms with Gasteiger partial charge in [0.2, 0.25) is 0 Å². The van der Waals surface area contributed by atoms with Crippen LogP contribution in [0.4, 0.5) is 0 Å². The van der Waals surface area contributed by atoms with Gasteiger partial charge >= 0.3 is 0 Å². The third-order valence-electron chi connectivity index (χ3n) is 4.15. The molecule has 1 saturated carbocycles. The molecule has 0 radical (unpaired) electrons. The average molecular weight is 231 g/mol. The lowest BCUT2D eigenvalue weighted by atomic mass is 9.70. The molecule has 1 fully saturated rings. The van der Waals surface area contributed by atoms with Crippen LogP contribution in [0.25, 0.3) is 0 Å². The molecule has 1 aromatic rings. The Morgan fingerprint density at radius 1 is 1.24 bits per heavy atom. The molecule has 1 N–H and O–H groups in total. The van der Waals surface area contributed by atoms with Crippen molar-refractivity contribution in [1.29, 1.82) is 0 Å². The van der Waals surface area contributed by atoms with Gasteiger partial charge in [0, 0.05) is 12.6 Å². The second-order valence-electron chi connectivity index (χ2n) is 5.97. The van der Waals surface area contributed by atoms with Crippen LogP contribution in [0.15, 0.2) is 30.3 Å². The van der Waals surface area contributed by atoms with Gasteiger partial charge in [-0.2, -0.15) is 0 Å². The molecule has 1 nitrogen and oxygen atoms in total. The van der Waals surface area contributed by atoms with E-state index in [1.165, 1.54) is 44.2 Å². The Balaban J connectivity index is 1.65. The molecule has 1 heteroatoms. The van der Waals surface area contributed by atoms with Crippen molar-refractivity contribution in [2.24, 2.45) is 5.41 Å². The summed E-state index contributed by atoms with van der Waals surface area (Å²) in [5.74, 6) is 0. The number of benzene rings is 1. The van der Waals surface area contributed by atoms with Gasteiger partial charge in [-0.05, 0) is 43.6 Å². The highest BCUT2D eigenvalue weighted by Gasteiger charge is 2.31. The maximum absolute atomic E-state index is 3.70. The molecule has 94 valence electrons. The molecular formula is C16H25N. The maximum atomic E-state index is 3.70. The minimum Gasteiger partial charge on any atom is -0.314 e. The monoisotopic (exact) mass is 231 g/mol. The van der Waals surface area contributed by atoms with Gasteiger partial charge in [-0.3, -0.25) is 0 Å². The summed E-state index contributed by atoms with van der Waals surface area (Å²) in [5, 5.41) is 3.70. The van der Waals surface area contributed by atoms with E-state index in [9.17, 15) is 0 Å². The SMILES string of the molecule is CC(CCc1ccccc1)NCC1(C)CCC1. The van der Waals surface area contributed by atoms with Crippen molar-refractivity contribution < 1.29 is 0 Å². The van der Waals surface area contributed by atoms with Gasteiger partial charge < -0.3 is 5.32 Å². The van der Waals surface area contributed by atoms with E-state index in [2.05, 4.69) is 49.5 Å². The van der Waals surface area contributed by atoms with Crippen LogP contribution in [0.2, 0.25) is 0 Å². The van der Waals surface area contributed by atoms with Crippen LogP contribution < -0.4 is 5.32 Å². The van der Waals surface area contributed by atoms with Crippen LogP contribution in [-0.4, -0.2) is 12.6 Å². The first kappa shape index (κ1) is 12.6. The van der Waals surface area contributed by atoms with Crippen molar-refractivity contribution >= 4 is 0 Å². The van der Waals surface area contributed by atoms with Gasteiger partial charge in [0.25, 0.3) is 0 Å². The van der Waals surface area contributed by atoms with Crippen LogP contribution in [0.3, 0.4) is 0 Å². The normalized spacial score (nSPS) is 19.6. The lowest BCUT2D eigenvalue weighted by molar-refractivity contribution is 0.151. The third-order valence-corrected chi connectivity index (χ3v) is 4.15. The van der Waals surface area contributed by atoms with Crippen molar-refractivity contribution in [3.63, 3.8) is 0 Å². The molecule has 1 aliphatic rings. The molecule has 0 amide bonds. The Morgan fingerprint density at radius 2 is 1.94 bits per heavy atom. The van der Waals surface area contributed by atoms with Crippen LogP contribution in [-0.2, 0) is 6.42 Å².